The van der Waals surface area contributed by atoms with Crippen molar-refractivity contribution in [3.63, 3.8) is 0 Å². The van der Waals surface area contributed by atoms with Crippen LogP contribution in [0.5, 0.6) is 0 Å². The molecule has 24 heavy (non-hydrogen) atoms. The molecule has 2 aromatic carbocycles. The molecule has 0 fully saturated rings. The fraction of sp³-hybridized carbons (Fsp3) is 0.222. The Morgan fingerprint density at radius 3 is 2.54 bits per heavy atom. The summed E-state index contributed by atoms with van der Waals surface area (Å²) in [4.78, 5) is 0. The number of nitrogens with zero attached hydrogens (tertiary/aromatic N) is 1. The van der Waals surface area contributed by atoms with Crippen molar-refractivity contribution in [2.45, 2.75) is 19.1 Å². The number of fused-ring (bicyclic) bond motifs is 1. The van der Waals surface area contributed by atoms with Gasteiger partial charge in [-0.05, 0) is 42.1 Å². The van der Waals surface area contributed by atoms with Gasteiger partial charge in [-0.1, -0.05) is 30.3 Å². The Labute approximate surface area is 140 Å². The zero-order valence-corrected chi connectivity index (χ0v) is 14.2. The number of benzene rings is 2. The third kappa shape index (κ3) is 3.49. The number of para-hydroxylation sites is 1. The van der Waals surface area contributed by atoms with Crippen LogP contribution < -0.4 is 0 Å². The van der Waals surface area contributed by atoms with E-state index in [-0.39, 0.29) is 5.82 Å². The lowest BCUT2D eigenvalue weighted by molar-refractivity contribution is 0.185. The first kappa shape index (κ1) is 16.7. The van der Waals surface area contributed by atoms with Gasteiger partial charge in [0.15, 0.2) is 0 Å². The topological polar surface area (TPSA) is 48.3 Å². The SMILES string of the molecule is CC(OS(C)(=O)=O)C(c1cccc(F)c1)n1ccc2ccccc21. The summed E-state index contributed by atoms with van der Waals surface area (Å²) in [5.74, 6) is -0.375. The third-order valence-electron chi connectivity index (χ3n) is 3.89. The van der Waals surface area contributed by atoms with Gasteiger partial charge in [-0.2, -0.15) is 8.42 Å². The molecule has 0 aliphatic heterocycles. The van der Waals surface area contributed by atoms with E-state index in [4.69, 9.17) is 4.18 Å². The van der Waals surface area contributed by atoms with E-state index < -0.39 is 22.3 Å². The monoisotopic (exact) mass is 347 g/mol. The summed E-state index contributed by atoms with van der Waals surface area (Å²) in [5, 5.41) is 1.02. The Morgan fingerprint density at radius 1 is 1.08 bits per heavy atom. The summed E-state index contributed by atoms with van der Waals surface area (Å²) < 4.78 is 44.0. The minimum absolute atomic E-state index is 0.375. The maximum absolute atomic E-state index is 13.7. The van der Waals surface area contributed by atoms with Gasteiger partial charge in [0, 0.05) is 11.7 Å². The molecule has 3 aromatic rings. The van der Waals surface area contributed by atoms with Crippen LogP contribution in [0.2, 0.25) is 0 Å². The van der Waals surface area contributed by atoms with Crippen molar-refractivity contribution >= 4 is 21.0 Å². The second-order valence-electron chi connectivity index (χ2n) is 5.79. The Hall–Kier alpha value is -2.18. The van der Waals surface area contributed by atoms with Gasteiger partial charge in [0.1, 0.15) is 5.82 Å². The molecule has 0 saturated carbocycles. The van der Waals surface area contributed by atoms with E-state index in [0.29, 0.717) is 5.56 Å². The first-order chi connectivity index (χ1) is 11.3. The molecular formula is C18H18FNO3S. The molecule has 0 saturated heterocycles. The molecule has 0 radical (unpaired) electrons. The minimum Gasteiger partial charge on any atom is -0.337 e. The Bertz CT molecular complexity index is 965. The molecule has 1 heterocycles. The average molecular weight is 347 g/mol. The molecule has 0 bridgehead atoms. The lowest BCUT2D eigenvalue weighted by Crippen LogP contribution is -2.27. The largest absolute Gasteiger partial charge is 0.337 e. The van der Waals surface area contributed by atoms with Gasteiger partial charge in [-0.15, -0.1) is 0 Å². The van der Waals surface area contributed by atoms with Gasteiger partial charge in [-0.3, -0.25) is 4.18 Å². The van der Waals surface area contributed by atoms with Crippen LogP contribution in [-0.4, -0.2) is 25.3 Å². The van der Waals surface area contributed by atoms with Crippen molar-refractivity contribution in [2.24, 2.45) is 0 Å². The lowest BCUT2D eigenvalue weighted by atomic mass is 10.0. The molecule has 6 heteroatoms. The molecule has 0 aliphatic rings. The van der Waals surface area contributed by atoms with Crippen LogP contribution in [-0.2, 0) is 14.3 Å². The van der Waals surface area contributed by atoms with Crippen molar-refractivity contribution in [2.75, 3.05) is 6.26 Å². The maximum Gasteiger partial charge on any atom is 0.264 e. The molecule has 4 nitrogen and oxygen atoms in total. The second kappa shape index (κ2) is 6.37. The van der Waals surface area contributed by atoms with Crippen LogP contribution in [0.1, 0.15) is 18.5 Å². The number of rotatable bonds is 5. The van der Waals surface area contributed by atoms with Crippen molar-refractivity contribution in [3.05, 3.63) is 72.2 Å². The lowest BCUT2D eigenvalue weighted by Gasteiger charge is -2.26. The van der Waals surface area contributed by atoms with Crippen LogP contribution in [0, 0.1) is 5.82 Å². The van der Waals surface area contributed by atoms with Gasteiger partial charge in [0.25, 0.3) is 10.1 Å². The number of hydrogen-bond acceptors (Lipinski definition) is 3. The zero-order chi connectivity index (χ0) is 17.3. The van der Waals surface area contributed by atoms with Gasteiger partial charge in [0.2, 0.25) is 0 Å². The van der Waals surface area contributed by atoms with E-state index in [1.54, 1.807) is 19.1 Å². The molecular weight excluding hydrogens is 329 g/mol. The highest BCUT2D eigenvalue weighted by molar-refractivity contribution is 7.86. The summed E-state index contributed by atoms with van der Waals surface area (Å²) in [6.45, 7) is 1.67. The number of aromatic nitrogens is 1. The molecule has 0 aliphatic carbocycles. The highest BCUT2D eigenvalue weighted by atomic mass is 32.2. The van der Waals surface area contributed by atoms with E-state index in [2.05, 4.69) is 0 Å². The van der Waals surface area contributed by atoms with Crippen molar-refractivity contribution in [1.82, 2.24) is 4.57 Å². The predicted molar refractivity (Wildman–Crippen MR) is 91.9 cm³/mol. The number of hydrogen-bond donors (Lipinski definition) is 0. The average Bonchev–Trinajstić information content (AvgIpc) is 2.90. The zero-order valence-electron chi connectivity index (χ0n) is 13.4. The maximum atomic E-state index is 13.7. The van der Waals surface area contributed by atoms with Crippen LogP contribution in [0.4, 0.5) is 4.39 Å². The Balaban J connectivity index is 2.14. The van der Waals surface area contributed by atoms with E-state index >= 15 is 0 Å². The molecule has 2 atom stereocenters. The molecule has 1 aromatic heterocycles. The summed E-state index contributed by atoms with van der Waals surface area (Å²) in [6, 6.07) is 15.3. The molecule has 3 rings (SSSR count). The second-order valence-corrected chi connectivity index (χ2v) is 7.39. The quantitative estimate of drug-likeness (QED) is 0.661. The van der Waals surface area contributed by atoms with Crippen LogP contribution in [0.25, 0.3) is 10.9 Å². The first-order valence-corrected chi connectivity index (χ1v) is 9.36. The Kier molecular flexibility index (Phi) is 4.43. The summed E-state index contributed by atoms with van der Waals surface area (Å²) in [7, 11) is -3.64. The highest BCUT2D eigenvalue weighted by Crippen LogP contribution is 2.30. The first-order valence-electron chi connectivity index (χ1n) is 7.54. The van der Waals surface area contributed by atoms with Gasteiger partial charge >= 0.3 is 0 Å². The van der Waals surface area contributed by atoms with E-state index in [1.165, 1.54) is 12.1 Å². The van der Waals surface area contributed by atoms with Crippen LogP contribution in [0.15, 0.2) is 60.8 Å². The third-order valence-corrected chi connectivity index (χ3v) is 4.54. The Morgan fingerprint density at radius 2 is 1.83 bits per heavy atom. The van der Waals surface area contributed by atoms with E-state index in [9.17, 15) is 12.8 Å². The summed E-state index contributed by atoms with van der Waals surface area (Å²) in [6.07, 6.45) is 2.18. The normalized spacial score (nSPS) is 14.6. The van der Waals surface area contributed by atoms with Crippen molar-refractivity contribution < 1.29 is 17.0 Å². The fourth-order valence-electron chi connectivity index (χ4n) is 3.02. The van der Waals surface area contributed by atoms with Gasteiger partial charge in [-0.25, -0.2) is 4.39 Å². The predicted octanol–water partition coefficient (Wildman–Crippen LogP) is 3.73. The van der Waals surface area contributed by atoms with Crippen LogP contribution >= 0.6 is 0 Å². The van der Waals surface area contributed by atoms with Crippen molar-refractivity contribution in [3.8, 4) is 0 Å². The van der Waals surface area contributed by atoms with Crippen LogP contribution in [0.3, 0.4) is 0 Å². The van der Waals surface area contributed by atoms with Crippen molar-refractivity contribution in [1.29, 1.82) is 0 Å². The molecule has 126 valence electrons. The van der Waals surface area contributed by atoms with E-state index in [0.717, 1.165) is 17.2 Å². The standard InChI is InChI=1S/C18H18FNO3S/c1-13(23-24(2,21)22)18(15-7-5-8-16(19)12-15)20-11-10-14-6-3-4-9-17(14)20/h3-13,18H,1-2H3. The molecule has 2 unspecified atom stereocenters. The smallest absolute Gasteiger partial charge is 0.264 e. The molecule has 0 N–H and O–H groups in total. The summed E-state index contributed by atoms with van der Waals surface area (Å²) in [5.41, 5.74) is 1.57. The number of halogens is 1. The summed E-state index contributed by atoms with van der Waals surface area (Å²) >= 11 is 0. The highest BCUT2D eigenvalue weighted by Gasteiger charge is 2.26. The van der Waals surface area contributed by atoms with Gasteiger partial charge in [0.05, 0.1) is 18.4 Å². The minimum atomic E-state index is -3.64. The molecule has 0 amide bonds. The molecule has 0 spiro atoms. The van der Waals surface area contributed by atoms with E-state index in [1.807, 2.05) is 41.1 Å². The van der Waals surface area contributed by atoms with Gasteiger partial charge < -0.3 is 4.57 Å². The fourth-order valence-corrected chi connectivity index (χ4v) is 3.68.